The minimum atomic E-state index is -0.157. The number of nitrogens with zero attached hydrogens (tertiary/aromatic N) is 1. The number of benzene rings is 1. The maximum atomic E-state index is 12.7. The second kappa shape index (κ2) is 7.44. The van der Waals surface area contributed by atoms with Crippen LogP contribution in [0.5, 0.6) is 0 Å². The highest BCUT2D eigenvalue weighted by Gasteiger charge is 2.32. The van der Waals surface area contributed by atoms with E-state index in [4.69, 9.17) is 11.6 Å². The van der Waals surface area contributed by atoms with Crippen LogP contribution in [0, 0.1) is 5.92 Å². The molecule has 0 saturated carbocycles. The first kappa shape index (κ1) is 17.3. The first-order valence-electron chi connectivity index (χ1n) is 7.91. The van der Waals surface area contributed by atoms with Gasteiger partial charge in [0.1, 0.15) is 6.04 Å². The summed E-state index contributed by atoms with van der Waals surface area (Å²) in [6.07, 6.45) is 1.91. The van der Waals surface area contributed by atoms with Crippen LogP contribution in [0.25, 0.3) is 0 Å². The third-order valence-corrected chi connectivity index (χ3v) is 4.53. The number of nitrogens with one attached hydrogen (secondary N) is 2. The number of halogens is 1. The molecule has 2 rings (SSSR count). The molecule has 0 radical (unpaired) electrons. The minimum Gasteiger partial charge on any atom is -0.338 e. The first-order chi connectivity index (χ1) is 10.4. The van der Waals surface area contributed by atoms with Crippen molar-refractivity contribution in [1.29, 1.82) is 0 Å². The lowest BCUT2D eigenvalue weighted by molar-refractivity contribution is -0.133. The van der Waals surface area contributed by atoms with Crippen molar-refractivity contribution in [3.63, 3.8) is 0 Å². The molecule has 0 aromatic heterocycles. The Morgan fingerprint density at radius 3 is 2.73 bits per heavy atom. The Hall–Kier alpha value is -1.10. The van der Waals surface area contributed by atoms with E-state index in [0.717, 1.165) is 18.4 Å². The lowest BCUT2D eigenvalue weighted by Gasteiger charge is -2.28. The Morgan fingerprint density at radius 2 is 2.09 bits per heavy atom. The van der Waals surface area contributed by atoms with Gasteiger partial charge in [-0.25, -0.2) is 5.43 Å². The maximum Gasteiger partial charge on any atom is 0.241 e. The molecule has 1 amide bonds. The zero-order chi connectivity index (χ0) is 16.3. The topological polar surface area (TPSA) is 44.4 Å². The van der Waals surface area contributed by atoms with E-state index < -0.39 is 0 Å². The number of likely N-dealkylation sites (N-methyl/N-ethyl adjacent to an activating group) is 1. The van der Waals surface area contributed by atoms with E-state index >= 15 is 0 Å². The van der Waals surface area contributed by atoms with Crippen LogP contribution in [0.3, 0.4) is 0 Å². The van der Waals surface area contributed by atoms with Gasteiger partial charge in [0.15, 0.2) is 0 Å². The van der Waals surface area contributed by atoms with Gasteiger partial charge in [-0.2, -0.15) is 0 Å². The molecule has 1 heterocycles. The average Bonchev–Trinajstić information content (AvgIpc) is 2.92. The molecule has 1 aromatic rings. The van der Waals surface area contributed by atoms with Crippen LogP contribution in [0.15, 0.2) is 24.3 Å². The number of carbonyl (C=O) groups excluding carboxylic acids is 1. The predicted octanol–water partition coefficient (Wildman–Crippen LogP) is 3.14. The van der Waals surface area contributed by atoms with Crippen molar-refractivity contribution in [1.82, 2.24) is 15.8 Å². The lowest BCUT2D eigenvalue weighted by Crippen LogP contribution is -2.45. The molecule has 1 aromatic carbocycles. The van der Waals surface area contributed by atoms with Gasteiger partial charge in [-0.3, -0.25) is 10.2 Å². The van der Waals surface area contributed by atoms with Crippen LogP contribution < -0.4 is 10.9 Å². The number of hydrogen-bond donors (Lipinski definition) is 2. The number of hydrazine groups is 1. The highest BCUT2D eigenvalue weighted by molar-refractivity contribution is 6.30. The molecule has 1 aliphatic heterocycles. The zero-order valence-corrected chi connectivity index (χ0v) is 14.5. The minimum absolute atomic E-state index is 0.00264. The Kier molecular flexibility index (Phi) is 5.84. The molecule has 3 unspecified atom stereocenters. The third-order valence-electron chi connectivity index (χ3n) is 4.30. The predicted molar refractivity (Wildman–Crippen MR) is 90.6 cm³/mol. The fourth-order valence-electron chi connectivity index (χ4n) is 2.93. The fourth-order valence-corrected chi connectivity index (χ4v) is 3.13. The van der Waals surface area contributed by atoms with Gasteiger partial charge in [-0.05, 0) is 43.4 Å². The molecular formula is C17H26ClN3O. The molecule has 3 atom stereocenters. The Bertz CT molecular complexity index is 520. The molecule has 122 valence electrons. The van der Waals surface area contributed by atoms with Gasteiger partial charge in [-0.15, -0.1) is 0 Å². The number of amides is 1. The first-order valence-corrected chi connectivity index (χ1v) is 8.29. The van der Waals surface area contributed by atoms with Crippen molar-refractivity contribution in [2.75, 3.05) is 7.05 Å². The largest absolute Gasteiger partial charge is 0.338 e. The highest BCUT2D eigenvalue weighted by Crippen LogP contribution is 2.24. The summed E-state index contributed by atoms with van der Waals surface area (Å²) in [6, 6.07) is 7.88. The summed E-state index contributed by atoms with van der Waals surface area (Å²) in [7, 11) is 1.85. The molecule has 0 bridgehead atoms. The van der Waals surface area contributed by atoms with Crippen molar-refractivity contribution >= 4 is 17.5 Å². The molecule has 1 aliphatic rings. The van der Waals surface area contributed by atoms with Gasteiger partial charge in [0.25, 0.3) is 0 Å². The molecule has 2 N–H and O–H groups in total. The average molecular weight is 324 g/mol. The summed E-state index contributed by atoms with van der Waals surface area (Å²) in [5.41, 5.74) is 7.44. The van der Waals surface area contributed by atoms with E-state index in [1.165, 1.54) is 0 Å². The van der Waals surface area contributed by atoms with Crippen molar-refractivity contribution in [2.45, 2.75) is 51.7 Å². The Balaban J connectivity index is 1.97. The van der Waals surface area contributed by atoms with Gasteiger partial charge in [0, 0.05) is 18.1 Å². The van der Waals surface area contributed by atoms with Crippen LogP contribution in [-0.4, -0.2) is 29.9 Å². The monoisotopic (exact) mass is 323 g/mol. The summed E-state index contributed by atoms with van der Waals surface area (Å²) in [6.45, 7) is 6.42. The standard InChI is InChI=1S/C17H26ClN3O/c1-11(2)8-15-10-16(20-19-15)17(22)21(4)12(3)13-6-5-7-14(18)9-13/h5-7,9,11-12,15-16,19-20H,8,10H2,1-4H3. The van der Waals surface area contributed by atoms with E-state index in [9.17, 15) is 4.79 Å². The van der Waals surface area contributed by atoms with E-state index in [2.05, 4.69) is 24.7 Å². The van der Waals surface area contributed by atoms with Crippen molar-refractivity contribution in [3.8, 4) is 0 Å². The number of carbonyl (C=O) groups is 1. The normalized spacial score (nSPS) is 22.8. The van der Waals surface area contributed by atoms with Crippen molar-refractivity contribution < 1.29 is 4.79 Å². The Labute approximate surface area is 138 Å². The van der Waals surface area contributed by atoms with Crippen LogP contribution in [0.2, 0.25) is 5.02 Å². The van der Waals surface area contributed by atoms with Crippen LogP contribution in [-0.2, 0) is 4.79 Å². The number of rotatable bonds is 5. The summed E-state index contributed by atoms with van der Waals surface area (Å²) in [5, 5.41) is 0.697. The maximum absolute atomic E-state index is 12.7. The summed E-state index contributed by atoms with van der Waals surface area (Å²) >= 11 is 6.04. The van der Waals surface area contributed by atoms with Crippen LogP contribution >= 0.6 is 11.6 Å². The van der Waals surface area contributed by atoms with Crippen molar-refractivity contribution in [2.24, 2.45) is 5.92 Å². The number of hydrogen-bond acceptors (Lipinski definition) is 3. The van der Waals surface area contributed by atoms with E-state index in [1.54, 1.807) is 4.90 Å². The zero-order valence-electron chi connectivity index (χ0n) is 13.8. The molecule has 1 saturated heterocycles. The lowest BCUT2D eigenvalue weighted by atomic mass is 9.99. The summed E-state index contributed by atoms with van der Waals surface area (Å²) in [4.78, 5) is 14.5. The van der Waals surface area contributed by atoms with E-state index in [0.29, 0.717) is 17.0 Å². The van der Waals surface area contributed by atoms with E-state index in [1.807, 2.05) is 38.2 Å². The quantitative estimate of drug-likeness (QED) is 0.875. The summed E-state index contributed by atoms with van der Waals surface area (Å²) in [5.74, 6) is 0.738. The van der Waals surface area contributed by atoms with Gasteiger partial charge < -0.3 is 4.90 Å². The Morgan fingerprint density at radius 1 is 1.36 bits per heavy atom. The van der Waals surface area contributed by atoms with Gasteiger partial charge in [0.05, 0.1) is 6.04 Å². The smallest absolute Gasteiger partial charge is 0.241 e. The molecule has 4 nitrogen and oxygen atoms in total. The van der Waals surface area contributed by atoms with Crippen molar-refractivity contribution in [3.05, 3.63) is 34.9 Å². The van der Waals surface area contributed by atoms with Crippen LogP contribution in [0.4, 0.5) is 0 Å². The molecule has 0 aliphatic carbocycles. The highest BCUT2D eigenvalue weighted by atomic mass is 35.5. The third kappa shape index (κ3) is 4.22. The SMILES string of the molecule is CC(C)CC1CC(C(=O)N(C)C(C)c2cccc(Cl)c2)NN1. The molecule has 0 spiro atoms. The van der Waals surface area contributed by atoms with Gasteiger partial charge >= 0.3 is 0 Å². The van der Waals surface area contributed by atoms with Gasteiger partial charge in [-0.1, -0.05) is 37.6 Å². The molecular weight excluding hydrogens is 298 g/mol. The molecule has 5 heteroatoms. The fraction of sp³-hybridized carbons (Fsp3) is 0.588. The summed E-state index contributed by atoms with van der Waals surface area (Å²) < 4.78 is 0. The van der Waals surface area contributed by atoms with Gasteiger partial charge in [0.2, 0.25) is 5.91 Å². The molecule has 1 fully saturated rings. The molecule has 22 heavy (non-hydrogen) atoms. The second-order valence-electron chi connectivity index (χ2n) is 6.58. The second-order valence-corrected chi connectivity index (χ2v) is 7.02. The van der Waals surface area contributed by atoms with Crippen LogP contribution in [0.1, 0.15) is 45.2 Å². The van der Waals surface area contributed by atoms with E-state index in [-0.39, 0.29) is 18.0 Å².